The summed E-state index contributed by atoms with van der Waals surface area (Å²) in [6.45, 7) is 5.17. The highest BCUT2D eigenvalue weighted by Gasteiger charge is 2.35. The molecular weight excluding hydrogens is 348 g/mol. The molecule has 1 atom stereocenters. The summed E-state index contributed by atoms with van der Waals surface area (Å²) < 4.78 is 0. The van der Waals surface area contributed by atoms with Gasteiger partial charge in [-0.05, 0) is 37.3 Å². The number of hydrogen-bond acceptors (Lipinski definition) is 4. The second-order valence-corrected chi connectivity index (χ2v) is 8.15. The van der Waals surface area contributed by atoms with Crippen molar-refractivity contribution in [3.05, 3.63) is 53.9 Å². The zero-order chi connectivity index (χ0) is 19.3. The maximum atomic E-state index is 13.6. The maximum Gasteiger partial charge on any atom is 0.230 e. The minimum Gasteiger partial charge on any atom is -0.339 e. The summed E-state index contributed by atoms with van der Waals surface area (Å²) in [6, 6.07) is 10.5. The molecule has 1 saturated carbocycles. The van der Waals surface area contributed by atoms with Gasteiger partial charge in [0, 0.05) is 38.6 Å². The van der Waals surface area contributed by atoms with Gasteiger partial charge in [-0.1, -0.05) is 49.1 Å². The van der Waals surface area contributed by atoms with E-state index in [2.05, 4.69) is 51.0 Å². The van der Waals surface area contributed by atoms with E-state index < -0.39 is 0 Å². The average Bonchev–Trinajstić information content (AvgIpc) is 2.77. The highest BCUT2D eigenvalue weighted by molar-refractivity contribution is 5.84. The molecule has 5 nitrogen and oxygen atoms in total. The maximum absolute atomic E-state index is 13.6. The van der Waals surface area contributed by atoms with E-state index in [0.717, 1.165) is 32.1 Å². The van der Waals surface area contributed by atoms with Gasteiger partial charge in [-0.3, -0.25) is 4.79 Å². The van der Waals surface area contributed by atoms with Crippen LogP contribution in [-0.2, 0) is 4.79 Å². The number of benzene rings is 1. The van der Waals surface area contributed by atoms with Crippen LogP contribution >= 0.6 is 0 Å². The number of hydrogen-bond donors (Lipinski definition) is 0. The van der Waals surface area contributed by atoms with Crippen LogP contribution in [0.15, 0.2) is 42.7 Å². The van der Waals surface area contributed by atoms with E-state index in [1.165, 1.54) is 43.2 Å². The van der Waals surface area contributed by atoms with E-state index in [-0.39, 0.29) is 5.92 Å². The van der Waals surface area contributed by atoms with E-state index in [1.807, 2.05) is 6.07 Å². The van der Waals surface area contributed by atoms with Crippen LogP contribution in [0.25, 0.3) is 0 Å². The van der Waals surface area contributed by atoms with Crippen molar-refractivity contribution in [1.29, 1.82) is 0 Å². The molecule has 1 unspecified atom stereocenters. The molecule has 148 valence electrons. The molecule has 2 fully saturated rings. The molecule has 0 bridgehead atoms. The van der Waals surface area contributed by atoms with Gasteiger partial charge in [0.1, 0.15) is 0 Å². The lowest BCUT2D eigenvalue weighted by Crippen LogP contribution is -2.51. The highest BCUT2D eigenvalue weighted by Crippen LogP contribution is 2.37. The van der Waals surface area contributed by atoms with Crippen LogP contribution in [0, 0.1) is 12.8 Å². The van der Waals surface area contributed by atoms with Gasteiger partial charge in [0.2, 0.25) is 11.9 Å². The predicted octanol–water partition coefficient (Wildman–Crippen LogP) is 3.80. The summed E-state index contributed by atoms with van der Waals surface area (Å²) in [7, 11) is 0. The lowest BCUT2D eigenvalue weighted by molar-refractivity contribution is -0.134. The van der Waals surface area contributed by atoms with Crippen molar-refractivity contribution in [2.45, 2.75) is 44.9 Å². The third-order valence-electron chi connectivity index (χ3n) is 6.25. The minimum absolute atomic E-state index is 0.000394. The Kier molecular flexibility index (Phi) is 5.89. The van der Waals surface area contributed by atoms with Crippen LogP contribution in [0.3, 0.4) is 0 Å². The molecule has 2 aromatic rings. The monoisotopic (exact) mass is 378 g/mol. The fourth-order valence-electron chi connectivity index (χ4n) is 4.64. The van der Waals surface area contributed by atoms with Crippen LogP contribution in [0.2, 0.25) is 0 Å². The molecule has 0 spiro atoms. The number of carbonyl (C=O) groups is 1. The summed E-state index contributed by atoms with van der Waals surface area (Å²) in [5.74, 6) is 1.54. The van der Waals surface area contributed by atoms with E-state index >= 15 is 0 Å². The number of nitrogens with zero attached hydrogens (tertiary/aromatic N) is 4. The molecule has 1 aliphatic carbocycles. The SMILES string of the molecule is Cc1ccc(C(C(=O)N2CCN(c3ncccn3)CC2)C2CCCCC2)cc1. The second-order valence-electron chi connectivity index (χ2n) is 8.15. The van der Waals surface area contributed by atoms with Crippen LogP contribution in [0.4, 0.5) is 5.95 Å². The molecule has 1 aromatic carbocycles. The number of amides is 1. The Labute approximate surface area is 167 Å². The normalized spacial score (nSPS) is 19.5. The Morgan fingerprint density at radius 3 is 2.25 bits per heavy atom. The molecule has 1 amide bonds. The first-order valence-electron chi connectivity index (χ1n) is 10.6. The number of aryl methyl sites for hydroxylation is 1. The van der Waals surface area contributed by atoms with E-state index in [0.29, 0.717) is 11.8 Å². The number of aromatic nitrogens is 2. The predicted molar refractivity (Wildman–Crippen MR) is 111 cm³/mol. The molecule has 0 radical (unpaired) electrons. The summed E-state index contributed by atoms with van der Waals surface area (Å²) in [4.78, 5) is 26.5. The van der Waals surface area contributed by atoms with Gasteiger partial charge in [-0.25, -0.2) is 9.97 Å². The number of rotatable bonds is 4. The third kappa shape index (κ3) is 4.18. The Morgan fingerprint density at radius 1 is 0.964 bits per heavy atom. The fraction of sp³-hybridized carbons (Fsp3) is 0.522. The lowest BCUT2D eigenvalue weighted by Gasteiger charge is -2.39. The van der Waals surface area contributed by atoms with Gasteiger partial charge >= 0.3 is 0 Å². The molecular formula is C23H30N4O. The van der Waals surface area contributed by atoms with Crippen molar-refractivity contribution in [2.24, 2.45) is 5.92 Å². The van der Waals surface area contributed by atoms with Gasteiger partial charge in [0.25, 0.3) is 0 Å². The van der Waals surface area contributed by atoms with E-state index in [1.54, 1.807) is 12.4 Å². The van der Waals surface area contributed by atoms with Crippen LogP contribution < -0.4 is 4.90 Å². The lowest BCUT2D eigenvalue weighted by atomic mass is 9.76. The first-order valence-corrected chi connectivity index (χ1v) is 10.6. The van der Waals surface area contributed by atoms with Crippen molar-refractivity contribution in [2.75, 3.05) is 31.1 Å². The summed E-state index contributed by atoms with van der Waals surface area (Å²) in [6.07, 6.45) is 9.69. The van der Waals surface area contributed by atoms with Gasteiger partial charge in [-0.15, -0.1) is 0 Å². The zero-order valence-corrected chi connectivity index (χ0v) is 16.8. The Hall–Kier alpha value is -2.43. The molecule has 2 heterocycles. The molecule has 1 aromatic heterocycles. The fourth-order valence-corrected chi connectivity index (χ4v) is 4.64. The minimum atomic E-state index is 0.000394. The molecule has 1 saturated heterocycles. The van der Waals surface area contributed by atoms with Gasteiger partial charge in [0.05, 0.1) is 5.92 Å². The molecule has 2 aliphatic rings. The van der Waals surface area contributed by atoms with Crippen LogP contribution in [-0.4, -0.2) is 47.0 Å². The van der Waals surface area contributed by atoms with E-state index in [4.69, 9.17) is 0 Å². The van der Waals surface area contributed by atoms with Crippen molar-refractivity contribution >= 4 is 11.9 Å². The standard InChI is InChI=1S/C23H30N4O/c1-18-8-10-20(11-9-18)21(19-6-3-2-4-7-19)22(28)26-14-16-27(17-15-26)23-24-12-5-13-25-23/h5,8-13,19,21H,2-4,6-7,14-17H2,1H3. The van der Waals surface area contributed by atoms with Gasteiger partial charge < -0.3 is 9.80 Å². The number of carbonyl (C=O) groups excluding carboxylic acids is 1. The Morgan fingerprint density at radius 2 is 1.61 bits per heavy atom. The van der Waals surface area contributed by atoms with Crippen molar-refractivity contribution in [1.82, 2.24) is 14.9 Å². The first-order chi connectivity index (χ1) is 13.7. The molecule has 4 rings (SSSR count). The third-order valence-corrected chi connectivity index (χ3v) is 6.25. The quantitative estimate of drug-likeness (QED) is 0.812. The zero-order valence-electron chi connectivity index (χ0n) is 16.8. The highest BCUT2D eigenvalue weighted by atomic mass is 16.2. The second kappa shape index (κ2) is 8.72. The number of piperazine rings is 1. The Bertz CT molecular complexity index is 763. The average molecular weight is 379 g/mol. The van der Waals surface area contributed by atoms with Crippen molar-refractivity contribution < 1.29 is 4.79 Å². The van der Waals surface area contributed by atoms with Crippen LogP contribution in [0.5, 0.6) is 0 Å². The molecule has 28 heavy (non-hydrogen) atoms. The topological polar surface area (TPSA) is 49.3 Å². The smallest absolute Gasteiger partial charge is 0.230 e. The first kappa shape index (κ1) is 18.9. The summed E-state index contributed by atoms with van der Waals surface area (Å²) in [5.41, 5.74) is 2.44. The number of anilines is 1. The largest absolute Gasteiger partial charge is 0.339 e. The Balaban J connectivity index is 1.48. The molecule has 1 aliphatic heterocycles. The van der Waals surface area contributed by atoms with Gasteiger partial charge in [-0.2, -0.15) is 0 Å². The van der Waals surface area contributed by atoms with Crippen LogP contribution in [0.1, 0.15) is 49.1 Å². The van der Waals surface area contributed by atoms with Crippen molar-refractivity contribution in [3.63, 3.8) is 0 Å². The van der Waals surface area contributed by atoms with Gasteiger partial charge in [0.15, 0.2) is 0 Å². The summed E-state index contributed by atoms with van der Waals surface area (Å²) in [5, 5.41) is 0. The van der Waals surface area contributed by atoms with E-state index in [9.17, 15) is 4.79 Å². The molecule has 5 heteroatoms. The summed E-state index contributed by atoms with van der Waals surface area (Å²) >= 11 is 0. The van der Waals surface area contributed by atoms with Crippen molar-refractivity contribution in [3.8, 4) is 0 Å². The molecule has 0 N–H and O–H groups in total.